The number of hydrogen-bond acceptors (Lipinski definition) is 3. The number of nitrogens with zero attached hydrogens (tertiary/aromatic N) is 2. The fraction of sp³-hybridized carbons (Fsp3) is 0.105. The van der Waals surface area contributed by atoms with E-state index in [0.717, 1.165) is 29.0 Å². The van der Waals surface area contributed by atoms with E-state index in [9.17, 15) is 4.79 Å². The second-order valence-corrected chi connectivity index (χ2v) is 6.21. The maximum atomic E-state index is 12.5. The maximum absolute atomic E-state index is 12.5. The molecule has 1 saturated heterocycles. The number of fused-ring (bicyclic) bond motifs is 1. The Balaban J connectivity index is 1.74. The van der Waals surface area contributed by atoms with E-state index in [-0.39, 0.29) is 5.56 Å². The van der Waals surface area contributed by atoms with Crippen LogP contribution in [0.1, 0.15) is 0 Å². The molecule has 0 aliphatic carbocycles. The van der Waals surface area contributed by atoms with Crippen LogP contribution < -0.4 is 15.4 Å². The van der Waals surface area contributed by atoms with Gasteiger partial charge in [-0.1, -0.05) is 36.4 Å². The highest BCUT2D eigenvalue weighted by Gasteiger charge is 2.27. The van der Waals surface area contributed by atoms with Gasteiger partial charge in [-0.05, 0) is 36.4 Å². The summed E-state index contributed by atoms with van der Waals surface area (Å²) in [7, 11) is 0. The SMILES string of the molecule is C=C1N(c2ccccc2)CCN1c1cc2cc(Cl)ccc2[nH]c1=O. The third-order valence-corrected chi connectivity index (χ3v) is 4.55. The molecule has 0 bridgehead atoms. The first-order valence-corrected chi connectivity index (χ1v) is 8.13. The summed E-state index contributed by atoms with van der Waals surface area (Å²) in [5.41, 5.74) is 2.32. The van der Waals surface area contributed by atoms with Crippen molar-refractivity contribution in [3.8, 4) is 0 Å². The fourth-order valence-corrected chi connectivity index (χ4v) is 3.30. The van der Waals surface area contributed by atoms with Gasteiger partial charge in [0.15, 0.2) is 0 Å². The summed E-state index contributed by atoms with van der Waals surface area (Å²) in [6, 6.07) is 17.4. The highest BCUT2D eigenvalue weighted by molar-refractivity contribution is 6.31. The average Bonchev–Trinajstić information content (AvgIpc) is 2.97. The number of anilines is 2. The zero-order valence-corrected chi connectivity index (χ0v) is 13.8. The Kier molecular flexibility index (Phi) is 3.54. The summed E-state index contributed by atoms with van der Waals surface area (Å²) in [6.45, 7) is 5.68. The van der Waals surface area contributed by atoms with E-state index in [1.165, 1.54) is 0 Å². The average molecular weight is 338 g/mol. The number of para-hydroxylation sites is 1. The maximum Gasteiger partial charge on any atom is 0.272 e. The molecule has 1 aromatic heterocycles. The Morgan fingerprint density at radius 1 is 1.00 bits per heavy atom. The summed E-state index contributed by atoms with van der Waals surface area (Å²) < 4.78 is 0. The number of aromatic nitrogens is 1. The van der Waals surface area contributed by atoms with E-state index >= 15 is 0 Å². The number of hydrogen-bond donors (Lipinski definition) is 1. The van der Waals surface area contributed by atoms with Crippen LogP contribution in [0.2, 0.25) is 5.02 Å². The Bertz CT molecular complexity index is 981. The molecule has 4 nitrogen and oxygen atoms in total. The lowest BCUT2D eigenvalue weighted by Gasteiger charge is -2.23. The van der Waals surface area contributed by atoms with Crippen LogP contribution >= 0.6 is 11.6 Å². The molecule has 24 heavy (non-hydrogen) atoms. The predicted molar refractivity (Wildman–Crippen MR) is 99.9 cm³/mol. The quantitative estimate of drug-likeness (QED) is 0.768. The molecule has 0 radical (unpaired) electrons. The molecule has 5 heteroatoms. The van der Waals surface area contributed by atoms with Crippen LogP contribution in [0.3, 0.4) is 0 Å². The second kappa shape index (κ2) is 5.73. The molecule has 4 rings (SSSR count). The van der Waals surface area contributed by atoms with Crippen LogP contribution in [-0.4, -0.2) is 18.1 Å². The van der Waals surface area contributed by atoms with Crippen LogP contribution in [-0.2, 0) is 0 Å². The largest absolute Gasteiger partial charge is 0.326 e. The van der Waals surface area contributed by atoms with Crippen molar-refractivity contribution in [3.63, 3.8) is 0 Å². The lowest BCUT2D eigenvalue weighted by atomic mass is 10.2. The monoisotopic (exact) mass is 337 g/mol. The van der Waals surface area contributed by atoms with Gasteiger partial charge in [-0.3, -0.25) is 4.79 Å². The van der Waals surface area contributed by atoms with Gasteiger partial charge in [0.25, 0.3) is 5.56 Å². The van der Waals surface area contributed by atoms with Crippen molar-refractivity contribution >= 4 is 33.9 Å². The summed E-state index contributed by atoms with van der Waals surface area (Å²) in [4.78, 5) is 19.5. The molecule has 1 N–H and O–H groups in total. The first-order valence-electron chi connectivity index (χ1n) is 7.75. The van der Waals surface area contributed by atoms with Crippen molar-refractivity contribution in [2.24, 2.45) is 0 Å². The molecule has 2 aromatic carbocycles. The molecule has 0 saturated carbocycles. The number of pyridine rings is 1. The minimum Gasteiger partial charge on any atom is -0.326 e. The van der Waals surface area contributed by atoms with Gasteiger partial charge < -0.3 is 14.8 Å². The molecule has 0 unspecified atom stereocenters. The molecular weight excluding hydrogens is 322 g/mol. The van der Waals surface area contributed by atoms with Gasteiger partial charge in [0.2, 0.25) is 0 Å². The van der Waals surface area contributed by atoms with Gasteiger partial charge in [-0.15, -0.1) is 0 Å². The number of rotatable bonds is 2. The van der Waals surface area contributed by atoms with Crippen LogP contribution in [0.15, 0.2) is 71.8 Å². The van der Waals surface area contributed by atoms with Gasteiger partial charge in [0.05, 0.1) is 0 Å². The van der Waals surface area contributed by atoms with Crippen LogP contribution in [0, 0.1) is 0 Å². The molecule has 1 aliphatic heterocycles. The topological polar surface area (TPSA) is 39.3 Å². The molecular formula is C19H16ClN3O. The summed E-state index contributed by atoms with van der Waals surface area (Å²) in [5.74, 6) is 0.799. The Hall–Kier alpha value is -2.72. The van der Waals surface area contributed by atoms with Crippen LogP contribution in [0.5, 0.6) is 0 Å². The van der Waals surface area contributed by atoms with Gasteiger partial charge in [-0.25, -0.2) is 0 Å². The number of H-pyrrole nitrogens is 1. The first-order chi connectivity index (χ1) is 11.6. The van der Waals surface area contributed by atoms with Crippen molar-refractivity contribution in [1.29, 1.82) is 0 Å². The highest BCUT2D eigenvalue weighted by atomic mass is 35.5. The summed E-state index contributed by atoms with van der Waals surface area (Å²) in [5, 5.41) is 1.55. The number of benzene rings is 2. The van der Waals surface area contributed by atoms with E-state index in [1.54, 1.807) is 6.07 Å². The van der Waals surface area contributed by atoms with Crippen molar-refractivity contribution in [1.82, 2.24) is 4.98 Å². The van der Waals surface area contributed by atoms with E-state index in [4.69, 9.17) is 11.6 Å². The van der Waals surface area contributed by atoms with E-state index < -0.39 is 0 Å². The number of halogens is 1. The molecule has 0 spiro atoms. The third kappa shape index (κ3) is 2.45. The molecule has 120 valence electrons. The zero-order valence-electron chi connectivity index (χ0n) is 13.0. The van der Waals surface area contributed by atoms with Crippen molar-refractivity contribution < 1.29 is 0 Å². The van der Waals surface area contributed by atoms with Crippen molar-refractivity contribution in [2.75, 3.05) is 22.9 Å². The van der Waals surface area contributed by atoms with E-state index in [0.29, 0.717) is 17.3 Å². The standard InChI is InChI=1S/C19H16ClN3O/c1-13-22(16-5-3-2-4-6-16)9-10-23(13)18-12-14-11-15(20)7-8-17(14)21-19(18)24/h2-8,11-12H,1,9-10H2,(H,21,24). The fourth-order valence-electron chi connectivity index (χ4n) is 3.12. The van der Waals surface area contributed by atoms with Crippen molar-refractivity contribution in [3.05, 3.63) is 82.4 Å². The molecule has 0 atom stereocenters. The van der Waals surface area contributed by atoms with Gasteiger partial charge in [0.1, 0.15) is 11.5 Å². The second-order valence-electron chi connectivity index (χ2n) is 5.77. The third-order valence-electron chi connectivity index (χ3n) is 4.32. The lowest BCUT2D eigenvalue weighted by Crippen LogP contribution is -2.26. The Morgan fingerprint density at radius 2 is 1.75 bits per heavy atom. The zero-order chi connectivity index (χ0) is 16.7. The minimum absolute atomic E-state index is 0.124. The van der Waals surface area contributed by atoms with Gasteiger partial charge in [0, 0.05) is 34.7 Å². The Morgan fingerprint density at radius 3 is 2.54 bits per heavy atom. The smallest absolute Gasteiger partial charge is 0.272 e. The van der Waals surface area contributed by atoms with E-state index in [2.05, 4.69) is 16.5 Å². The predicted octanol–water partition coefficient (Wildman–Crippen LogP) is 3.98. The molecule has 1 fully saturated rings. The normalized spacial score (nSPS) is 14.6. The Labute approximate surface area is 144 Å². The van der Waals surface area contributed by atoms with E-state index in [1.807, 2.05) is 53.4 Å². The highest BCUT2D eigenvalue weighted by Crippen LogP contribution is 2.29. The first kappa shape index (κ1) is 14.8. The molecule has 1 aliphatic rings. The van der Waals surface area contributed by atoms with Crippen molar-refractivity contribution in [2.45, 2.75) is 0 Å². The van der Waals surface area contributed by atoms with Gasteiger partial charge >= 0.3 is 0 Å². The molecule has 2 heterocycles. The molecule has 3 aromatic rings. The summed E-state index contributed by atoms with van der Waals surface area (Å²) in [6.07, 6.45) is 0. The number of nitrogens with one attached hydrogen (secondary N) is 1. The molecule has 0 amide bonds. The minimum atomic E-state index is -0.124. The number of aromatic amines is 1. The lowest BCUT2D eigenvalue weighted by molar-refractivity contribution is 1.02. The summed E-state index contributed by atoms with van der Waals surface area (Å²) >= 11 is 6.07. The van der Waals surface area contributed by atoms with Crippen LogP contribution in [0.25, 0.3) is 10.9 Å². The van der Waals surface area contributed by atoms with Crippen LogP contribution in [0.4, 0.5) is 11.4 Å². The van der Waals surface area contributed by atoms with Gasteiger partial charge in [-0.2, -0.15) is 0 Å².